The van der Waals surface area contributed by atoms with E-state index < -0.39 is 10.0 Å². The predicted molar refractivity (Wildman–Crippen MR) is 85.5 cm³/mol. The summed E-state index contributed by atoms with van der Waals surface area (Å²) in [5.74, 6) is 0.634. The highest BCUT2D eigenvalue weighted by molar-refractivity contribution is 7.88. The second-order valence-electron chi connectivity index (χ2n) is 6.46. The maximum atomic E-state index is 12.6. The van der Waals surface area contributed by atoms with Gasteiger partial charge in [-0.15, -0.1) is 0 Å². The second-order valence-corrected chi connectivity index (χ2v) is 8.29. The molecule has 128 valence electrons. The van der Waals surface area contributed by atoms with Crippen molar-refractivity contribution in [1.29, 1.82) is 0 Å². The Balaban J connectivity index is 1.60. The molecule has 8 heteroatoms. The van der Waals surface area contributed by atoms with Crippen molar-refractivity contribution in [1.82, 2.24) is 14.2 Å². The molecule has 3 rings (SSSR count). The first-order valence-electron chi connectivity index (χ1n) is 7.82. The van der Waals surface area contributed by atoms with Crippen LogP contribution in [0.4, 0.5) is 0 Å². The SMILES string of the molecule is Cn1cccc1C(=O)N1CC[C@@H]2[C@@H](CO[C@H]2CNS(C)(=O)=O)C1. The van der Waals surface area contributed by atoms with Crippen LogP contribution in [0.3, 0.4) is 0 Å². The van der Waals surface area contributed by atoms with E-state index in [0.29, 0.717) is 37.9 Å². The van der Waals surface area contributed by atoms with Gasteiger partial charge in [0, 0.05) is 38.8 Å². The number of rotatable bonds is 4. The van der Waals surface area contributed by atoms with Gasteiger partial charge in [-0.25, -0.2) is 13.1 Å². The number of carbonyl (C=O) groups is 1. The summed E-state index contributed by atoms with van der Waals surface area (Å²) in [6.45, 7) is 2.25. The number of fused-ring (bicyclic) bond motifs is 1. The zero-order valence-electron chi connectivity index (χ0n) is 13.4. The summed E-state index contributed by atoms with van der Waals surface area (Å²) in [6.07, 6.45) is 3.77. The number of nitrogens with zero attached hydrogens (tertiary/aromatic N) is 2. The molecule has 0 aliphatic carbocycles. The molecule has 3 heterocycles. The van der Waals surface area contributed by atoms with Crippen LogP contribution in [0.2, 0.25) is 0 Å². The standard InChI is InChI=1S/C15H23N3O4S/c1-17-6-3-4-13(17)15(19)18-7-5-12-11(9-18)10-22-14(12)8-16-23(2,20)21/h3-4,6,11-12,14,16H,5,7-10H2,1-2H3/t11-,12-,14+/m1/s1. The third kappa shape index (κ3) is 3.59. The normalized spacial score (nSPS) is 27.9. The van der Waals surface area contributed by atoms with Crippen molar-refractivity contribution >= 4 is 15.9 Å². The minimum Gasteiger partial charge on any atom is -0.376 e. The Morgan fingerprint density at radius 3 is 2.91 bits per heavy atom. The summed E-state index contributed by atoms with van der Waals surface area (Å²) in [7, 11) is -1.34. The average molecular weight is 341 g/mol. The number of likely N-dealkylation sites (tertiary alicyclic amines) is 1. The Hall–Kier alpha value is -1.38. The molecule has 0 saturated carbocycles. The van der Waals surface area contributed by atoms with Crippen molar-refractivity contribution in [3.8, 4) is 0 Å². The van der Waals surface area contributed by atoms with Crippen molar-refractivity contribution in [3.63, 3.8) is 0 Å². The first kappa shape index (κ1) is 16.5. The lowest BCUT2D eigenvalue weighted by molar-refractivity contribution is 0.0607. The number of sulfonamides is 1. The lowest BCUT2D eigenvalue weighted by Gasteiger charge is -2.35. The highest BCUT2D eigenvalue weighted by Crippen LogP contribution is 2.34. The number of aryl methyl sites for hydroxylation is 1. The molecule has 2 fully saturated rings. The molecule has 3 atom stereocenters. The molecule has 0 spiro atoms. The Morgan fingerprint density at radius 2 is 2.26 bits per heavy atom. The van der Waals surface area contributed by atoms with E-state index in [4.69, 9.17) is 4.74 Å². The van der Waals surface area contributed by atoms with Gasteiger partial charge in [-0.05, 0) is 24.5 Å². The molecule has 1 aromatic heterocycles. The van der Waals surface area contributed by atoms with Gasteiger partial charge in [0.2, 0.25) is 10.0 Å². The molecule has 1 N–H and O–H groups in total. The molecular weight excluding hydrogens is 318 g/mol. The highest BCUT2D eigenvalue weighted by Gasteiger charge is 2.42. The molecule has 2 saturated heterocycles. The van der Waals surface area contributed by atoms with Gasteiger partial charge in [0.25, 0.3) is 5.91 Å². The van der Waals surface area contributed by atoms with E-state index >= 15 is 0 Å². The fraction of sp³-hybridized carbons (Fsp3) is 0.667. The van der Waals surface area contributed by atoms with Crippen molar-refractivity contribution in [2.24, 2.45) is 18.9 Å². The summed E-state index contributed by atoms with van der Waals surface area (Å²) in [5.41, 5.74) is 0.692. The lowest BCUT2D eigenvalue weighted by Crippen LogP contribution is -2.46. The van der Waals surface area contributed by atoms with E-state index in [0.717, 1.165) is 12.7 Å². The molecule has 1 amide bonds. The van der Waals surface area contributed by atoms with Crippen LogP contribution < -0.4 is 4.72 Å². The number of nitrogens with one attached hydrogen (secondary N) is 1. The molecule has 2 aliphatic rings. The van der Waals surface area contributed by atoms with Crippen LogP contribution in [0.1, 0.15) is 16.9 Å². The van der Waals surface area contributed by atoms with Crippen molar-refractivity contribution < 1.29 is 17.9 Å². The van der Waals surface area contributed by atoms with Gasteiger partial charge < -0.3 is 14.2 Å². The van der Waals surface area contributed by atoms with Gasteiger partial charge >= 0.3 is 0 Å². The highest BCUT2D eigenvalue weighted by atomic mass is 32.2. The van der Waals surface area contributed by atoms with E-state index in [1.54, 1.807) is 0 Å². The fourth-order valence-corrected chi connectivity index (χ4v) is 4.03. The van der Waals surface area contributed by atoms with Gasteiger partial charge in [-0.1, -0.05) is 0 Å². The first-order chi connectivity index (χ1) is 10.8. The van der Waals surface area contributed by atoms with Gasteiger partial charge in [-0.3, -0.25) is 4.79 Å². The van der Waals surface area contributed by atoms with Crippen molar-refractivity contribution in [2.75, 3.05) is 32.5 Å². The Labute approximate surface area is 136 Å². The van der Waals surface area contributed by atoms with Crippen LogP contribution in [-0.4, -0.2) is 62.4 Å². The zero-order valence-corrected chi connectivity index (χ0v) is 14.3. The van der Waals surface area contributed by atoms with Crippen LogP contribution in [0, 0.1) is 11.8 Å². The van der Waals surface area contributed by atoms with Crippen molar-refractivity contribution in [3.05, 3.63) is 24.0 Å². The molecule has 23 heavy (non-hydrogen) atoms. The summed E-state index contributed by atoms with van der Waals surface area (Å²) in [4.78, 5) is 14.5. The first-order valence-corrected chi connectivity index (χ1v) is 9.71. The number of piperidine rings is 1. The van der Waals surface area contributed by atoms with E-state index in [1.807, 2.05) is 34.8 Å². The Morgan fingerprint density at radius 1 is 1.48 bits per heavy atom. The maximum absolute atomic E-state index is 12.6. The summed E-state index contributed by atoms with van der Waals surface area (Å²) >= 11 is 0. The Kier molecular flexibility index (Phi) is 4.48. The number of aromatic nitrogens is 1. The predicted octanol–water partition coefficient (Wildman–Crippen LogP) is 0.0514. The van der Waals surface area contributed by atoms with E-state index in [9.17, 15) is 13.2 Å². The van der Waals surface area contributed by atoms with Gasteiger partial charge in [-0.2, -0.15) is 0 Å². The zero-order chi connectivity index (χ0) is 16.6. The summed E-state index contributed by atoms with van der Waals surface area (Å²) in [5, 5.41) is 0. The third-order valence-corrected chi connectivity index (χ3v) is 5.48. The molecule has 0 unspecified atom stereocenters. The molecule has 0 aromatic carbocycles. The Bertz CT molecular complexity index is 685. The van der Waals surface area contributed by atoms with Crippen LogP contribution in [-0.2, 0) is 21.8 Å². The third-order valence-electron chi connectivity index (χ3n) is 4.79. The van der Waals surface area contributed by atoms with Crippen LogP contribution in [0.25, 0.3) is 0 Å². The minimum atomic E-state index is -3.21. The summed E-state index contributed by atoms with van der Waals surface area (Å²) in [6, 6.07) is 3.70. The topological polar surface area (TPSA) is 80.6 Å². The quantitative estimate of drug-likeness (QED) is 0.839. The average Bonchev–Trinajstić information content (AvgIpc) is 3.09. The monoisotopic (exact) mass is 341 g/mol. The number of ether oxygens (including phenoxy) is 1. The molecule has 1 aromatic rings. The number of carbonyl (C=O) groups excluding carboxylic acids is 1. The maximum Gasteiger partial charge on any atom is 0.270 e. The molecule has 7 nitrogen and oxygen atoms in total. The van der Waals surface area contributed by atoms with Crippen LogP contribution >= 0.6 is 0 Å². The van der Waals surface area contributed by atoms with Crippen molar-refractivity contribution in [2.45, 2.75) is 12.5 Å². The molecule has 0 bridgehead atoms. The van der Waals surface area contributed by atoms with E-state index in [2.05, 4.69) is 4.72 Å². The second kappa shape index (κ2) is 6.26. The van der Waals surface area contributed by atoms with E-state index in [-0.39, 0.29) is 17.9 Å². The van der Waals surface area contributed by atoms with Gasteiger partial charge in [0.1, 0.15) is 5.69 Å². The fourth-order valence-electron chi connectivity index (χ4n) is 3.56. The van der Waals surface area contributed by atoms with Gasteiger partial charge in [0.05, 0.1) is 19.0 Å². The minimum absolute atomic E-state index is 0.0497. The molecule has 2 aliphatic heterocycles. The lowest BCUT2D eigenvalue weighted by atomic mass is 9.84. The summed E-state index contributed by atoms with van der Waals surface area (Å²) < 4.78 is 32.6. The van der Waals surface area contributed by atoms with Crippen LogP contribution in [0.5, 0.6) is 0 Å². The number of hydrogen-bond donors (Lipinski definition) is 1. The van der Waals surface area contributed by atoms with Gasteiger partial charge in [0.15, 0.2) is 0 Å². The largest absolute Gasteiger partial charge is 0.376 e. The smallest absolute Gasteiger partial charge is 0.270 e. The molecule has 0 radical (unpaired) electrons. The molecular formula is C15H23N3O4S. The number of amides is 1. The van der Waals surface area contributed by atoms with Crippen LogP contribution in [0.15, 0.2) is 18.3 Å². The number of hydrogen-bond acceptors (Lipinski definition) is 4. The van der Waals surface area contributed by atoms with E-state index in [1.165, 1.54) is 0 Å².